The van der Waals surface area contributed by atoms with Crippen molar-refractivity contribution in [1.29, 1.82) is 0 Å². The molecule has 1 aliphatic heterocycles. The number of aryl methyl sites for hydroxylation is 1. The minimum atomic E-state index is -0.214. The molecule has 0 bridgehead atoms. The van der Waals surface area contributed by atoms with E-state index in [1.807, 2.05) is 13.0 Å². The number of hydrogen-bond donors (Lipinski definition) is 0. The summed E-state index contributed by atoms with van der Waals surface area (Å²) in [6, 6.07) is 1.82. The van der Waals surface area contributed by atoms with Crippen molar-refractivity contribution in [2.24, 2.45) is 0 Å². The van der Waals surface area contributed by atoms with E-state index in [1.165, 1.54) is 0 Å². The van der Waals surface area contributed by atoms with E-state index in [-0.39, 0.29) is 10.7 Å². The maximum atomic E-state index is 11.9. The second kappa shape index (κ2) is 2.82. The van der Waals surface area contributed by atoms with E-state index < -0.39 is 0 Å². The predicted octanol–water partition coefficient (Wildman–Crippen LogP) is 1.76. The minimum absolute atomic E-state index is 0.0406. The standard InChI is InChI=1S/C9H14N2O2/c1-7-6-9(13-10-7)8-4-3-5-11(8,2)12/h6,8H,3-5H2,1-2H3/t8-,11-/m0/s1. The molecule has 0 N–H and O–H groups in total. The van der Waals surface area contributed by atoms with Crippen molar-refractivity contribution >= 4 is 0 Å². The molecule has 0 unspecified atom stereocenters. The molecule has 0 aliphatic carbocycles. The molecule has 72 valence electrons. The molecule has 1 aromatic heterocycles. The summed E-state index contributed by atoms with van der Waals surface area (Å²) in [4.78, 5) is 0. The Hall–Kier alpha value is -0.870. The van der Waals surface area contributed by atoms with E-state index in [1.54, 1.807) is 7.05 Å². The normalized spacial score (nSPS) is 33.9. The number of hydrogen-bond acceptors (Lipinski definition) is 3. The zero-order valence-corrected chi connectivity index (χ0v) is 7.99. The Morgan fingerprint density at radius 2 is 2.46 bits per heavy atom. The van der Waals surface area contributed by atoms with Crippen LogP contribution in [0.4, 0.5) is 0 Å². The number of aromatic nitrogens is 1. The molecule has 13 heavy (non-hydrogen) atoms. The summed E-state index contributed by atoms with van der Waals surface area (Å²) in [5.41, 5.74) is 0.849. The van der Waals surface area contributed by atoms with Gasteiger partial charge in [-0.05, 0) is 6.92 Å². The van der Waals surface area contributed by atoms with E-state index in [0.29, 0.717) is 6.54 Å². The molecule has 0 radical (unpaired) electrons. The molecule has 0 saturated carbocycles. The van der Waals surface area contributed by atoms with Gasteiger partial charge in [0.05, 0.1) is 19.3 Å². The van der Waals surface area contributed by atoms with E-state index in [2.05, 4.69) is 5.16 Å². The lowest BCUT2D eigenvalue weighted by molar-refractivity contribution is -0.880. The van der Waals surface area contributed by atoms with Crippen LogP contribution in [0.5, 0.6) is 0 Å². The molecule has 2 rings (SSSR count). The van der Waals surface area contributed by atoms with Crippen molar-refractivity contribution in [2.45, 2.75) is 25.8 Å². The molecule has 4 heteroatoms. The van der Waals surface area contributed by atoms with Gasteiger partial charge in [-0.2, -0.15) is 0 Å². The highest BCUT2D eigenvalue weighted by molar-refractivity contribution is 5.07. The fourth-order valence-electron chi connectivity index (χ4n) is 1.98. The average molecular weight is 182 g/mol. The molecule has 2 heterocycles. The van der Waals surface area contributed by atoms with Crippen LogP contribution in [-0.2, 0) is 0 Å². The Bertz CT molecular complexity index is 306. The van der Waals surface area contributed by atoms with Crippen molar-refractivity contribution in [3.63, 3.8) is 0 Å². The van der Waals surface area contributed by atoms with Gasteiger partial charge in [0.1, 0.15) is 0 Å². The van der Waals surface area contributed by atoms with E-state index in [9.17, 15) is 5.21 Å². The van der Waals surface area contributed by atoms with E-state index in [4.69, 9.17) is 4.52 Å². The molecular weight excluding hydrogens is 168 g/mol. The third-order valence-electron chi connectivity index (χ3n) is 2.71. The Kier molecular flexibility index (Phi) is 1.89. The Morgan fingerprint density at radius 1 is 1.69 bits per heavy atom. The zero-order valence-electron chi connectivity index (χ0n) is 7.99. The van der Waals surface area contributed by atoms with E-state index >= 15 is 0 Å². The van der Waals surface area contributed by atoms with Crippen molar-refractivity contribution in [3.05, 3.63) is 22.7 Å². The number of rotatable bonds is 1. The second-order valence-corrected chi connectivity index (χ2v) is 3.93. The smallest absolute Gasteiger partial charge is 0.194 e. The molecule has 1 fully saturated rings. The Balaban J connectivity index is 2.26. The van der Waals surface area contributed by atoms with Crippen LogP contribution in [0.2, 0.25) is 0 Å². The minimum Gasteiger partial charge on any atom is -0.632 e. The molecule has 0 amide bonds. The van der Waals surface area contributed by atoms with Gasteiger partial charge in [-0.15, -0.1) is 0 Å². The third-order valence-corrected chi connectivity index (χ3v) is 2.71. The topological polar surface area (TPSA) is 49.1 Å². The molecule has 1 aromatic rings. The van der Waals surface area contributed by atoms with Gasteiger partial charge >= 0.3 is 0 Å². The largest absolute Gasteiger partial charge is 0.632 e. The van der Waals surface area contributed by atoms with Gasteiger partial charge in [-0.1, -0.05) is 5.16 Å². The molecule has 4 nitrogen and oxygen atoms in total. The molecule has 1 aliphatic rings. The first-order valence-electron chi connectivity index (χ1n) is 4.59. The van der Waals surface area contributed by atoms with Crippen LogP contribution < -0.4 is 0 Å². The number of likely N-dealkylation sites (tertiary alicyclic amines) is 1. The first-order chi connectivity index (χ1) is 6.09. The van der Waals surface area contributed by atoms with Gasteiger partial charge < -0.3 is 14.4 Å². The van der Waals surface area contributed by atoms with Crippen molar-refractivity contribution in [1.82, 2.24) is 5.16 Å². The van der Waals surface area contributed by atoms with Crippen LogP contribution in [0.15, 0.2) is 10.6 Å². The first kappa shape index (κ1) is 8.72. The Morgan fingerprint density at radius 3 is 2.92 bits per heavy atom. The van der Waals surface area contributed by atoms with Crippen LogP contribution in [-0.4, -0.2) is 23.4 Å². The molecule has 2 atom stereocenters. The summed E-state index contributed by atoms with van der Waals surface area (Å²) in [7, 11) is 1.70. The fourth-order valence-corrected chi connectivity index (χ4v) is 1.98. The van der Waals surface area contributed by atoms with Gasteiger partial charge in [0, 0.05) is 18.9 Å². The van der Waals surface area contributed by atoms with Crippen LogP contribution >= 0.6 is 0 Å². The van der Waals surface area contributed by atoms with Crippen LogP contribution in [0.25, 0.3) is 0 Å². The average Bonchev–Trinajstić information content (AvgIpc) is 2.56. The highest BCUT2D eigenvalue weighted by atomic mass is 16.6. The monoisotopic (exact) mass is 182 g/mol. The summed E-state index contributed by atoms with van der Waals surface area (Å²) in [6.45, 7) is 2.56. The van der Waals surface area contributed by atoms with Gasteiger partial charge in [-0.25, -0.2) is 0 Å². The zero-order chi connectivity index (χ0) is 9.47. The highest BCUT2D eigenvalue weighted by Crippen LogP contribution is 2.36. The third kappa shape index (κ3) is 1.47. The number of quaternary nitrogens is 1. The number of nitrogens with zero attached hydrogens (tertiary/aromatic N) is 2. The lowest BCUT2D eigenvalue weighted by atomic mass is 10.1. The van der Waals surface area contributed by atoms with Crippen molar-refractivity contribution < 1.29 is 9.17 Å². The van der Waals surface area contributed by atoms with Crippen LogP contribution in [0, 0.1) is 12.1 Å². The van der Waals surface area contributed by atoms with Crippen molar-refractivity contribution in [3.8, 4) is 0 Å². The summed E-state index contributed by atoms with van der Waals surface area (Å²) in [5, 5.41) is 15.7. The van der Waals surface area contributed by atoms with Crippen LogP contribution in [0.1, 0.15) is 30.3 Å². The van der Waals surface area contributed by atoms with Crippen molar-refractivity contribution in [2.75, 3.05) is 13.6 Å². The summed E-state index contributed by atoms with van der Waals surface area (Å²) < 4.78 is 4.90. The van der Waals surface area contributed by atoms with E-state index in [0.717, 1.165) is 24.3 Å². The fraction of sp³-hybridized carbons (Fsp3) is 0.667. The highest BCUT2D eigenvalue weighted by Gasteiger charge is 2.35. The van der Waals surface area contributed by atoms with Crippen LogP contribution in [0.3, 0.4) is 0 Å². The Labute approximate surface area is 77.3 Å². The van der Waals surface area contributed by atoms with Gasteiger partial charge in [-0.3, -0.25) is 0 Å². The lowest BCUT2D eigenvalue weighted by Gasteiger charge is -2.38. The maximum Gasteiger partial charge on any atom is 0.194 e. The molecule has 1 saturated heterocycles. The molecule has 0 aromatic carbocycles. The summed E-state index contributed by atoms with van der Waals surface area (Å²) in [6.07, 6.45) is 1.89. The summed E-state index contributed by atoms with van der Waals surface area (Å²) in [5.74, 6) is 0.743. The van der Waals surface area contributed by atoms with Gasteiger partial charge in [0.25, 0.3) is 0 Å². The predicted molar refractivity (Wildman–Crippen MR) is 47.6 cm³/mol. The van der Waals surface area contributed by atoms with Gasteiger partial charge in [0.2, 0.25) is 0 Å². The van der Waals surface area contributed by atoms with Gasteiger partial charge in [0.15, 0.2) is 11.8 Å². The quantitative estimate of drug-likeness (QED) is 0.491. The lowest BCUT2D eigenvalue weighted by Crippen LogP contribution is -2.36. The molecule has 0 spiro atoms. The first-order valence-corrected chi connectivity index (χ1v) is 4.59. The number of hydroxylamine groups is 3. The second-order valence-electron chi connectivity index (χ2n) is 3.93. The summed E-state index contributed by atoms with van der Waals surface area (Å²) >= 11 is 0. The molecular formula is C9H14N2O2. The maximum absolute atomic E-state index is 11.9. The SMILES string of the molecule is Cc1cc([C@@H]2CCC[N@+]2(C)[O-])on1.